The molecule has 0 bridgehead atoms. The first kappa shape index (κ1) is 18.5. The van der Waals surface area contributed by atoms with E-state index in [1.807, 2.05) is 44.2 Å². The molecule has 0 amide bonds. The van der Waals surface area contributed by atoms with Gasteiger partial charge in [0.2, 0.25) is 0 Å². The Kier molecular flexibility index (Phi) is 5.38. The number of thiophene rings is 1. The fourth-order valence-electron chi connectivity index (χ4n) is 2.95. The lowest BCUT2D eigenvalue weighted by Gasteiger charge is -2.16. The number of aryl methyl sites for hydroxylation is 3. The molecule has 0 spiro atoms. The Morgan fingerprint density at radius 2 is 2.04 bits per heavy atom. The summed E-state index contributed by atoms with van der Waals surface area (Å²) in [5.74, 6) is -1.05. The second kappa shape index (κ2) is 7.55. The van der Waals surface area contributed by atoms with Crippen LogP contribution >= 0.6 is 23.6 Å². The van der Waals surface area contributed by atoms with Crippen molar-refractivity contribution in [2.45, 2.75) is 39.2 Å². The van der Waals surface area contributed by atoms with E-state index in [0.717, 1.165) is 22.4 Å². The maximum Gasteiger partial charge on any atom is 0.326 e. The monoisotopic (exact) mass is 388 g/mol. The van der Waals surface area contributed by atoms with Gasteiger partial charge in [0, 0.05) is 4.88 Å². The molecule has 3 rings (SSSR count). The zero-order valence-corrected chi connectivity index (χ0v) is 16.2. The van der Waals surface area contributed by atoms with Crippen LogP contribution in [-0.2, 0) is 17.6 Å². The van der Waals surface area contributed by atoms with Crippen molar-refractivity contribution >= 4 is 39.7 Å². The van der Waals surface area contributed by atoms with Crippen molar-refractivity contribution in [3.63, 3.8) is 0 Å². The van der Waals surface area contributed by atoms with E-state index in [1.54, 1.807) is 0 Å². The standard InChI is InChI=1S/C19H20N2O3S2/c1-3-13-10-14-16(26-13)20-19(25)21(17(14)22)15(18(23)24)9-8-12-6-4-11(2)5-7-12/h4-7,10,15H,3,8-9H2,1-2H3,(H,20,25)(H,23,24). The van der Waals surface area contributed by atoms with Crippen molar-refractivity contribution < 1.29 is 9.90 Å². The SMILES string of the molecule is CCc1cc2c(=O)n(C(CCc3ccc(C)cc3)C(=O)O)c(=S)[nH]c2s1. The van der Waals surface area contributed by atoms with Gasteiger partial charge in [0.05, 0.1) is 5.39 Å². The van der Waals surface area contributed by atoms with Crippen molar-refractivity contribution in [3.8, 4) is 0 Å². The van der Waals surface area contributed by atoms with Gasteiger partial charge >= 0.3 is 5.97 Å². The van der Waals surface area contributed by atoms with Crippen molar-refractivity contribution in [2.24, 2.45) is 0 Å². The van der Waals surface area contributed by atoms with E-state index in [4.69, 9.17) is 12.2 Å². The lowest BCUT2D eigenvalue weighted by Crippen LogP contribution is -2.31. The summed E-state index contributed by atoms with van der Waals surface area (Å²) in [4.78, 5) is 29.6. The topological polar surface area (TPSA) is 75.1 Å². The predicted molar refractivity (Wildman–Crippen MR) is 107 cm³/mol. The Balaban J connectivity index is 1.99. The summed E-state index contributed by atoms with van der Waals surface area (Å²) < 4.78 is 1.36. The maximum atomic E-state index is 12.9. The number of hydrogen-bond acceptors (Lipinski definition) is 4. The first-order valence-electron chi connectivity index (χ1n) is 8.46. The van der Waals surface area contributed by atoms with Crippen LogP contribution < -0.4 is 5.56 Å². The van der Waals surface area contributed by atoms with Crippen LogP contribution in [0.4, 0.5) is 0 Å². The molecule has 1 unspecified atom stereocenters. The van der Waals surface area contributed by atoms with Gasteiger partial charge in [-0.3, -0.25) is 9.36 Å². The Morgan fingerprint density at radius 1 is 1.35 bits per heavy atom. The highest BCUT2D eigenvalue weighted by Gasteiger charge is 2.23. The summed E-state index contributed by atoms with van der Waals surface area (Å²) in [7, 11) is 0. The molecule has 0 radical (unpaired) electrons. The van der Waals surface area contributed by atoms with Gasteiger partial charge < -0.3 is 10.1 Å². The van der Waals surface area contributed by atoms with Crippen LogP contribution in [0.25, 0.3) is 10.2 Å². The van der Waals surface area contributed by atoms with E-state index in [2.05, 4.69) is 4.98 Å². The molecule has 2 N–H and O–H groups in total. The zero-order valence-electron chi connectivity index (χ0n) is 14.6. The fourth-order valence-corrected chi connectivity index (χ4v) is 4.32. The number of carboxylic acid groups (broad SMARTS) is 1. The molecule has 0 aliphatic carbocycles. The zero-order chi connectivity index (χ0) is 18.8. The van der Waals surface area contributed by atoms with E-state index >= 15 is 0 Å². The third-order valence-corrected chi connectivity index (χ3v) is 5.94. The molecular weight excluding hydrogens is 368 g/mol. The predicted octanol–water partition coefficient (Wildman–Crippen LogP) is 4.25. The van der Waals surface area contributed by atoms with E-state index < -0.39 is 12.0 Å². The van der Waals surface area contributed by atoms with Crippen LogP contribution in [0.1, 0.15) is 35.4 Å². The molecular formula is C19H20N2O3S2. The summed E-state index contributed by atoms with van der Waals surface area (Å²) in [5, 5.41) is 10.2. The molecule has 136 valence electrons. The summed E-state index contributed by atoms with van der Waals surface area (Å²) in [6, 6.07) is 8.77. The molecule has 7 heteroatoms. The van der Waals surface area contributed by atoms with Gasteiger partial charge in [0.15, 0.2) is 4.77 Å². The van der Waals surface area contributed by atoms with E-state index in [9.17, 15) is 14.7 Å². The maximum absolute atomic E-state index is 12.9. The Hall–Kier alpha value is -2.25. The van der Waals surface area contributed by atoms with Crippen LogP contribution in [0.2, 0.25) is 0 Å². The second-order valence-corrected chi connectivity index (χ2v) is 7.82. The number of rotatable bonds is 6. The quantitative estimate of drug-likeness (QED) is 0.619. The van der Waals surface area contributed by atoms with Gasteiger partial charge in [-0.25, -0.2) is 4.79 Å². The molecule has 2 aromatic heterocycles. The largest absolute Gasteiger partial charge is 0.480 e. The summed E-state index contributed by atoms with van der Waals surface area (Å²) in [5.41, 5.74) is 1.85. The van der Waals surface area contributed by atoms with Gasteiger partial charge in [-0.15, -0.1) is 11.3 Å². The molecule has 1 aromatic carbocycles. The number of aromatic amines is 1. The molecule has 0 saturated heterocycles. The van der Waals surface area contributed by atoms with Crippen molar-refractivity contribution in [3.05, 3.63) is 61.5 Å². The number of fused-ring (bicyclic) bond motifs is 1. The van der Waals surface area contributed by atoms with Crippen LogP contribution in [0.15, 0.2) is 35.1 Å². The molecule has 0 fully saturated rings. The number of carbonyl (C=O) groups is 1. The van der Waals surface area contributed by atoms with E-state index in [1.165, 1.54) is 15.9 Å². The summed E-state index contributed by atoms with van der Waals surface area (Å²) in [6.45, 7) is 4.02. The third-order valence-electron chi connectivity index (χ3n) is 4.44. The Morgan fingerprint density at radius 3 is 2.65 bits per heavy atom. The lowest BCUT2D eigenvalue weighted by molar-refractivity contribution is -0.141. The van der Waals surface area contributed by atoms with Crippen molar-refractivity contribution in [1.82, 2.24) is 9.55 Å². The minimum atomic E-state index is -1.05. The first-order valence-corrected chi connectivity index (χ1v) is 9.68. The molecule has 1 atom stereocenters. The fraction of sp³-hybridized carbons (Fsp3) is 0.316. The highest BCUT2D eigenvalue weighted by Crippen LogP contribution is 2.23. The number of carboxylic acids is 1. The van der Waals surface area contributed by atoms with Crippen LogP contribution in [0.5, 0.6) is 0 Å². The molecule has 0 saturated carbocycles. The average Bonchev–Trinajstić information content (AvgIpc) is 3.02. The van der Waals surface area contributed by atoms with Gasteiger partial charge in [-0.1, -0.05) is 36.8 Å². The van der Waals surface area contributed by atoms with Gasteiger partial charge in [-0.05, 0) is 50.0 Å². The highest BCUT2D eigenvalue weighted by atomic mass is 32.1. The Bertz CT molecular complexity index is 1060. The number of H-pyrrole nitrogens is 1. The normalized spacial score (nSPS) is 12.4. The molecule has 26 heavy (non-hydrogen) atoms. The number of hydrogen-bond donors (Lipinski definition) is 2. The van der Waals surface area contributed by atoms with Crippen LogP contribution in [0, 0.1) is 11.7 Å². The molecule has 2 heterocycles. The smallest absolute Gasteiger partial charge is 0.326 e. The molecule has 5 nitrogen and oxygen atoms in total. The first-order chi connectivity index (χ1) is 12.4. The summed E-state index contributed by atoms with van der Waals surface area (Å²) >= 11 is 6.79. The number of benzene rings is 1. The van der Waals surface area contributed by atoms with E-state index in [0.29, 0.717) is 23.1 Å². The van der Waals surface area contributed by atoms with Crippen molar-refractivity contribution in [1.29, 1.82) is 0 Å². The average molecular weight is 389 g/mol. The lowest BCUT2D eigenvalue weighted by atomic mass is 10.0. The number of aliphatic carboxylic acids is 1. The molecule has 0 aliphatic heterocycles. The van der Waals surface area contributed by atoms with Crippen LogP contribution in [-0.4, -0.2) is 20.6 Å². The second-order valence-electron chi connectivity index (χ2n) is 6.29. The third kappa shape index (κ3) is 3.64. The molecule has 3 aromatic rings. The minimum absolute atomic E-state index is 0.156. The minimum Gasteiger partial charge on any atom is -0.480 e. The Labute approximate surface area is 159 Å². The summed E-state index contributed by atoms with van der Waals surface area (Å²) in [6.07, 6.45) is 1.67. The number of nitrogens with zero attached hydrogens (tertiary/aromatic N) is 1. The van der Waals surface area contributed by atoms with E-state index in [-0.39, 0.29) is 10.3 Å². The van der Waals surface area contributed by atoms with Crippen molar-refractivity contribution in [2.75, 3.05) is 0 Å². The van der Waals surface area contributed by atoms with Gasteiger partial charge in [-0.2, -0.15) is 0 Å². The highest BCUT2D eigenvalue weighted by molar-refractivity contribution is 7.71. The molecule has 0 aliphatic rings. The van der Waals surface area contributed by atoms with Crippen LogP contribution in [0.3, 0.4) is 0 Å². The van der Waals surface area contributed by atoms with Gasteiger partial charge in [0.1, 0.15) is 10.9 Å². The number of nitrogens with one attached hydrogen (secondary N) is 1. The van der Waals surface area contributed by atoms with Gasteiger partial charge in [0.25, 0.3) is 5.56 Å². The number of aromatic nitrogens is 2.